The fourth-order valence-corrected chi connectivity index (χ4v) is 2.66. The summed E-state index contributed by atoms with van der Waals surface area (Å²) in [5, 5.41) is 6.22. The van der Waals surface area contributed by atoms with Crippen molar-refractivity contribution in [2.75, 3.05) is 20.4 Å². The Morgan fingerprint density at radius 3 is 2.76 bits per heavy atom. The van der Waals surface area contributed by atoms with Crippen LogP contribution >= 0.6 is 0 Å². The van der Waals surface area contributed by atoms with Gasteiger partial charge in [-0.3, -0.25) is 0 Å². The van der Waals surface area contributed by atoms with E-state index in [1.807, 2.05) is 13.0 Å². The van der Waals surface area contributed by atoms with Crippen molar-refractivity contribution in [1.29, 1.82) is 0 Å². The Balaban J connectivity index is 1.72. The number of aromatic nitrogens is 1. The summed E-state index contributed by atoms with van der Waals surface area (Å²) in [4.78, 5) is 8.56. The zero-order valence-electron chi connectivity index (χ0n) is 16.1. The number of nitrogens with one attached hydrogen (secondary N) is 2. The molecule has 0 bridgehead atoms. The van der Waals surface area contributed by atoms with Gasteiger partial charge in [-0.2, -0.15) is 8.78 Å². The van der Waals surface area contributed by atoms with Crippen molar-refractivity contribution in [3.05, 3.63) is 41.6 Å². The Kier molecular flexibility index (Phi) is 6.88. The summed E-state index contributed by atoms with van der Waals surface area (Å²) in [6.45, 7) is 0.239. The van der Waals surface area contributed by atoms with Crippen LogP contribution in [0.15, 0.2) is 35.5 Å². The number of methoxy groups -OCH3 is 1. The molecule has 1 aliphatic heterocycles. The van der Waals surface area contributed by atoms with Gasteiger partial charge in [0.2, 0.25) is 12.7 Å². The van der Waals surface area contributed by atoms with Crippen LogP contribution in [-0.4, -0.2) is 38.0 Å². The summed E-state index contributed by atoms with van der Waals surface area (Å²) in [5.74, 6) is 1.89. The van der Waals surface area contributed by atoms with Crippen LogP contribution < -0.4 is 29.6 Å². The molecule has 1 aromatic heterocycles. The number of guanidine groups is 1. The third kappa shape index (κ3) is 5.59. The number of fused-ring (bicyclic) bond motifs is 1. The number of nitrogens with zero attached hydrogens (tertiary/aromatic N) is 2. The second kappa shape index (κ2) is 9.76. The monoisotopic (exact) mass is 408 g/mol. The number of rotatable bonds is 8. The van der Waals surface area contributed by atoms with Gasteiger partial charge in [0, 0.05) is 37.0 Å². The molecule has 3 rings (SSSR count). The van der Waals surface area contributed by atoms with Crippen molar-refractivity contribution in [3.63, 3.8) is 0 Å². The summed E-state index contributed by atoms with van der Waals surface area (Å²) in [7, 11) is 1.55. The number of pyridine rings is 1. The van der Waals surface area contributed by atoms with Crippen molar-refractivity contribution >= 4 is 5.96 Å². The van der Waals surface area contributed by atoms with E-state index in [9.17, 15) is 8.78 Å². The summed E-state index contributed by atoms with van der Waals surface area (Å²) >= 11 is 0. The summed E-state index contributed by atoms with van der Waals surface area (Å²) in [5.41, 5.74) is 1.41. The van der Waals surface area contributed by atoms with Crippen molar-refractivity contribution in [2.24, 2.45) is 4.99 Å². The first-order valence-electron chi connectivity index (χ1n) is 8.97. The second-order valence-electron chi connectivity index (χ2n) is 5.95. The van der Waals surface area contributed by atoms with E-state index in [0.29, 0.717) is 42.0 Å². The maximum absolute atomic E-state index is 12.8. The van der Waals surface area contributed by atoms with Gasteiger partial charge < -0.3 is 29.6 Å². The average molecular weight is 408 g/mol. The van der Waals surface area contributed by atoms with E-state index in [2.05, 4.69) is 25.3 Å². The third-order valence-corrected chi connectivity index (χ3v) is 3.99. The molecular weight excluding hydrogens is 386 g/mol. The Hall–Kier alpha value is -3.30. The molecule has 0 spiro atoms. The minimum atomic E-state index is -2.95. The first-order chi connectivity index (χ1) is 14.1. The number of ether oxygens (including phenoxy) is 4. The highest BCUT2D eigenvalue weighted by atomic mass is 19.3. The summed E-state index contributed by atoms with van der Waals surface area (Å²) in [6.07, 6.45) is 1.64. The number of benzene rings is 1. The van der Waals surface area contributed by atoms with Gasteiger partial charge >= 0.3 is 6.61 Å². The topological polar surface area (TPSA) is 86.2 Å². The molecule has 2 N–H and O–H groups in total. The van der Waals surface area contributed by atoms with Crippen molar-refractivity contribution < 1.29 is 27.7 Å². The van der Waals surface area contributed by atoms with Crippen LogP contribution in [0.1, 0.15) is 18.1 Å². The highest BCUT2D eigenvalue weighted by Crippen LogP contribution is 2.38. The van der Waals surface area contributed by atoms with E-state index >= 15 is 0 Å². The molecule has 29 heavy (non-hydrogen) atoms. The molecule has 0 saturated carbocycles. The highest BCUT2D eigenvalue weighted by molar-refractivity contribution is 5.79. The lowest BCUT2D eigenvalue weighted by Crippen LogP contribution is -2.36. The maximum atomic E-state index is 12.8. The van der Waals surface area contributed by atoms with E-state index in [-0.39, 0.29) is 19.1 Å². The molecule has 156 valence electrons. The van der Waals surface area contributed by atoms with Gasteiger partial charge in [-0.15, -0.1) is 0 Å². The van der Waals surface area contributed by atoms with Crippen LogP contribution in [0.25, 0.3) is 0 Å². The van der Waals surface area contributed by atoms with Crippen LogP contribution in [0.3, 0.4) is 0 Å². The normalized spacial score (nSPS) is 12.8. The Bertz CT molecular complexity index is 864. The van der Waals surface area contributed by atoms with Gasteiger partial charge in [0.25, 0.3) is 0 Å². The summed E-state index contributed by atoms with van der Waals surface area (Å²) < 4.78 is 45.8. The van der Waals surface area contributed by atoms with Gasteiger partial charge in [0.15, 0.2) is 17.5 Å². The molecule has 2 heterocycles. The van der Waals surface area contributed by atoms with Gasteiger partial charge in [-0.25, -0.2) is 9.98 Å². The minimum absolute atomic E-state index is 0.0199. The SMILES string of the molecule is CCNC(=NCc1ccnc(OC)c1)NCc1cc2c(cc1OC(F)F)OCO2. The molecule has 1 aromatic carbocycles. The Morgan fingerprint density at radius 2 is 2.03 bits per heavy atom. The molecule has 2 aromatic rings. The lowest BCUT2D eigenvalue weighted by Gasteiger charge is -2.15. The van der Waals surface area contributed by atoms with Crippen LogP contribution in [0, 0.1) is 0 Å². The van der Waals surface area contributed by atoms with Gasteiger partial charge in [0.05, 0.1) is 13.7 Å². The van der Waals surface area contributed by atoms with E-state index < -0.39 is 6.61 Å². The summed E-state index contributed by atoms with van der Waals surface area (Å²) in [6, 6.07) is 6.64. The van der Waals surface area contributed by atoms with Gasteiger partial charge in [-0.1, -0.05) is 0 Å². The molecule has 8 nitrogen and oxygen atoms in total. The number of hydrogen-bond acceptors (Lipinski definition) is 6. The zero-order chi connectivity index (χ0) is 20.6. The van der Waals surface area contributed by atoms with Gasteiger partial charge in [0.1, 0.15) is 5.75 Å². The Labute approximate surface area is 166 Å². The van der Waals surface area contributed by atoms with Crippen molar-refractivity contribution in [1.82, 2.24) is 15.6 Å². The molecule has 0 unspecified atom stereocenters. The largest absolute Gasteiger partial charge is 0.481 e. The molecule has 0 amide bonds. The molecule has 0 atom stereocenters. The lowest BCUT2D eigenvalue weighted by atomic mass is 10.1. The average Bonchev–Trinajstić information content (AvgIpc) is 3.17. The highest BCUT2D eigenvalue weighted by Gasteiger charge is 2.20. The lowest BCUT2D eigenvalue weighted by molar-refractivity contribution is -0.0505. The number of aliphatic imine (C=N–C) groups is 1. The molecule has 0 radical (unpaired) electrons. The molecule has 0 aliphatic carbocycles. The zero-order valence-corrected chi connectivity index (χ0v) is 16.1. The predicted octanol–water partition coefficient (Wildman–Crippen LogP) is 2.68. The van der Waals surface area contributed by atoms with E-state index in [1.165, 1.54) is 6.07 Å². The quantitative estimate of drug-likeness (QED) is 0.513. The number of hydrogen-bond donors (Lipinski definition) is 2. The van der Waals surface area contributed by atoms with Crippen LogP contribution in [-0.2, 0) is 13.1 Å². The Morgan fingerprint density at radius 1 is 1.24 bits per heavy atom. The fourth-order valence-electron chi connectivity index (χ4n) is 2.66. The van der Waals surface area contributed by atoms with E-state index in [0.717, 1.165) is 5.56 Å². The molecule has 0 fully saturated rings. The van der Waals surface area contributed by atoms with E-state index in [4.69, 9.17) is 14.2 Å². The van der Waals surface area contributed by atoms with Crippen LogP contribution in [0.4, 0.5) is 8.78 Å². The van der Waals surface area contributed by atoms with E-state index in [1.54, 1.807) is 25.4 Å². The molecular formula is C19H22F2N4O4. The standard InChI is InChI=1S/C19H22F2N4O4/c1-3-22-19(24-9-12-4-5-23-17(6-12)26-2)25-10-13-7-15-16(28-11-27-15)8-14(13)29-18(20)21/h4-8,18H,3,9-11H2,1-2H3,(H2,22,24,25). The molecule has 10 heteroatoms. The van der Waals surface area contributed by atoms with Crippen molar-refractivity contribution in [3.8, 4) is 23.1 Å². The first kappa shape index (κ1) is 20.4. The van der Waals surface area contributed by atoms with Crippen LogP contribution in [0.5, 0.6) is 23.1 Å². The number of alkyl halides is 2. The maximum Gasteiger partial charge on any atom is 0.387 e. The second-order valence-corrected chi connectivity index (χ2v) is 5.95. The van der Waals surface area contributed by atoms with Crippen molar-refractivity contribution in [2.45, 2.75) is 26.6 Å². The van der Waals surface area contributed by atoms with Crippen LogP contribution in [0.2, 0.25) is 0 Å². The fraction of sp³-hybridized carbons (Fsp3) is 0.368. The molecule has 1 aliphatic rings. The smallest absolute Gasteiger partial charge is 0.387 e. The molecule has 0 saturated heterocycles. The predicted molar refractivity (Wildman–Crippen MR) is 102 cm³/mol. The third-order valence-electron chi connectivity index (χ3n) is 3.99. The first-order valence-corrected chi connectivity index (χ1v) is 8.97. The van der Waals surface area contributed by atoms with Gasteiger partial charge in [-0.05, 0) is 24.6 Å². The number of halogens is 2. The minimum Gasteiger partial charge on any atom is -0.481 e.